The number of aliphatic hydroxyl groups is 1. The van der Waals surface area contributed by atoms with Crippen LogP contribution < -0.4 is 0 Å². The van der Waals surface area contributed by atoms with Gasteiger partial charge in [-0.3, -0.25) is 4.79 Å². The molecule has 0 spiro atoms. The molecule has 3 heteroatoms. The van der Waals surface area contributed by atoms with Gasteiger partial charge in [0.1, 0.15) is 0 Å². The summed E-state index contributed by atoms with van der Waals surface area (Å²) in [4.78, 5) is 11.2. The van der Waals surface area contributed by atoms with Gasteiger partial charge in [0.15, 0.2) is 0 Å². The summed E-state index contributed by atoms with van der Waals surface area (Å²) < 4.78 is 4.90. The van der Waals surface area contributed by atoms with Gasteiger partial charge in [-0.25, -0.2) is 0 Å². The van der Waals surface area contributed by atoms with Gasteiger partial charge >= 0.3 is 5.97 Å². The molecule has 0 heterocycles. The highest BCUT2D eigenvalue weighted by Crippen LogP contribution is 2.57. The molecule has 2 saturated carbocycles. The van der Waals surface area contributed by atoms with E-state index in [-0.39, 0.29) is 23.9 Å². The third-order valence-electron chi connectivity index (χ3n) is 3.03. The number of hydrogen-bond donors (Lipinski definition) is 1. The molecule has 0 saturated heterocycles. The van der Waals surface area contributed by atoms with E-state index in [0.717, 1.165) is 12.8 Å². The molecule has 0 aromatic heterocycles. The molecule has 0 bridgehead atoms. The Labute approximate surface area is 71.7 Å². The molecule has 3 nitrogen and oxygen atoms in total. The van der Waals surface area contributed by atoms with Crippen molar-refractivity contribution in [2.75, 3.05) is 6.61 Å². The number of fused-ring (bicyclic) bond motifs is 1. The predicted octanol–water partition coefficient (Wildman–Crippen LogP) is 0.566. The van der Waals surface area contributed by atoms with E-state index in [4.69, 9.17) is 4.74 Å². The molecular weight excluding hydrogens is 156 g/mol. The van der Waals surface area contributed by atoms with Crippen LogP contribution in [0.5, 0.6) is 0 Å². The number of ether oxygens (including phenoxy) is 1. The van der Waals surface area contributed by atoms with Crippen molar-refractivity contribution in [3.05, 3.63) is 0 Å². The molecule has 2 aliphatic rings. The summed E-state index contributed by atoms with van der Waals surface area (Å²) in [7, 11) is 0. The number of rotatable bonds is 2. The van der Waals surface area contributed by atoms with E-state index in [2.05, 4.69) is 0 Å². The summed E-state index contributed by atoms with van der Waals surface area (Å²) in [5, 5.41) is 9.42. The Bertz CT molecular complexity index is 202. The summed E-state index contributed by atoms with van der Waals surface area (Å²) in [5.74, 6) is 0.572. The quantitative estimate of drug-likeness (QED) is 0.616. The van der Waals surface area contributed by atoms with E-state index < -0.39 is 0 Å². The van der Waals surface area contributed by atoms with Crippen molar-refractivity contribution >= 4 is 5.97 Å². The molecule has 12 heavy (non-hydrogen) atoms. The SMILES string of the molecule is CCOC(=O)[C@H]1[C@@H]2CC[C@H](O)[C@@H]21. The second-order valence-corrected chi connectivity index (χ2v) is 3.66. The van der Waals surface area contributed by atoms with E-state index in [0.29, 0.717) is 12.5 Å². The highest BCUT2D eigenvalue weighted by molar-refractivity contribution is 5.77. The average Bonchev–Trinajstić information content (AvgIpc) is 2.65. The van der Waals surface area contributed by atoms with Crippen LogP contribution in [0.1, 0.15) is 19.8 Å². The fourth-order valence-corrected chi connectivity index (χ4v) is 2.42. The van der Waals surface area contributed by atoms with Crippen molar-refractivity contribution in [2.24, 2.45) is 17.8 Å². The highest BCUT2D eigenvalue weighted by atomic mass is 16.5. The molecule has 2 rings (SSSR count). The Morgan fingerprint density at radius 2 is 2.33 bits per heavy atom. The normalized spacial score (nSPS) is 43.8. The van der Waals surface area contributed by atoms with Gasteiger partial charge in [0.2, 0.25) is 0 Å². The van der Waals surface area contributed by atoms with Crippen molar-refractivity contribution < 1.29 is 14.6 Å². The fraction of sp³-hybridized carbons (Fsp3) is 0.889. The Hall–Kier alpha value is -0.570. The predicted molar refractivity (Wildman–Crippen MR) is 42.3 cm³/mol. The first kappa shape index (κ1) is 8.05. The Kier molecular flexibility index (Phi) is 1.83. The lowest BCUT2D eigenvalue weighted by molar-refractivity contribution is -0.146. The van der Waals surface area contributed by atoms with E-state index in [1.807, 2.05) is 6.92 Å². The number of carbonyl (C=O) groups excluding carboxylic acids is 1. The number of hydrogen-bond acceptors (Lipinski definition) is 3. The van der Waals surface area contributed by atoms with Gasteiger partial charge in [-0.1, -0.05) is 0 Å². The van der Waals surface area contributed by atoms with Crippen molar-refractivity contribution in [3.8, 4) is 0 Å². The van der Waals surface area contributed by atoms with Crippen LogP contribution in [0.2, 0.25) is 0 Å². The molecule has 0 aromatic rings. The highest BCUT2D eigenvalue weighted by Gasteiger charge is 2.61. The Morgan fingerprint density at radius 1 is 1.58 bits per heavy atom. The van der Waals surface area contributed by atoms with Crippen molar-refractivity contribution in [1.29, 1.82) is 0 Å². The zero-order valence-electron chi connectivity index (χ0n) is 7.19. The van der Waals surface area contributed by atoms with Gasteiger partial charge in [0.05, 0.1) is 18.6 Å². The smallest absolute Gasteiger partial charge is 0.309 e. The van der Waals surface area contributed by atoms with E-state index in [1.165, 1.54) is 0 Å². The number of carbonyl (C=O) groups is 1. The minimum atomic E-state index is -0.246. The van der Waals surface area contributed by atoms with Crippen molar-refractivity contribution in [3.63, 3.8) is 0 Å². The van der Waals surface area contributed by atoms with Crippen molar-refractivity contribution in [2.45, 2.75) is 25.9 Å². The standard InChI is InChI=1S/C9H14O3/c1-2-12-9(11)8-5-3-4-6(10)7(5)8/h5-8,10H,2-4H2,1H3/t5-,6+,7-,8+/m1/s1. The summed E-state index contributed by atoms with van der Waals surface area (Å²) in [6.07, 6.45) is 1.62. The molecule has 2 fully saturated rings. The monoisotopic (exact) mass is 170 g/mol. The van der Waals surface area contributed by atoms with Crippen LogP contribution in [-0.2, 0) is 9.53 Å². The molecule has 2 aliphatic carbocycles. The van der Waals surface area contributed by atoms with Gasteiger partial charge in [-0.15, -0.1) is 0 Å². The van der Waals surface area contributed by atoms with Crippen LogP contribution in [0, 0.1) is 17.8 Å². The Balaban J connectivity index is 1.90. The van der Waals surface area contributed by atoms with Gasteiger partial charge in [-0.05, 0) is 25.7 Å². The van der Waals surface area contributed by atoms with Crippen LogP contribution in [0.15, 0.2) is 0 Å². The second-order valence-electron chi connectivity index (χ2n) is 3.66. The van der Waals surface area contributed by atoms with Crippen LogP contribution in [0.4, 0.5) is 0 Å². The van der Waals surface area contributed by atoms with Crippen LogP contribution >= 0.6 is 0 Å². The fourth-order valence-electron chi connectivity index (χ4n) is 2.42. The van der Waals surface area contributed by atoms with Gasteiger partial charge in [0.25, 0.3) is 0 Å². The molecule has 0 aromatic carbocycles. The lowest BCUT2D eigenvalue weighted by Gasteiger charge is -2.06. The minimum Gasteiger partial charge on any atom is -0.466 e. The number of esters is 1. The largest absolute Gasteiger partial charge is 0.466 e. The molecular formula is C9H14O3. The van der Waals surface area contributed by atoms with E-state index in [9.17, 15) is 9.90 Å². The third kappa shape index (κ3) is 1.04. The van der Waals surface area contributed by atoms with E-state index >= 15 is 0 Å². The zero-order chi connectivity index (χ0) is 8.72. The van der Waals surface area contributed by atoms with Gasteiger partial charge < -0.3 is 9.84 Å². The molecule has 0 radical (unpaired) electrons. The molecule has 0 amide bonds. The summed E-state index contributed by atoms with van der Waals surface area (Å²) in [6.45, 7) is 2.26. The molecule has 0 aliphatic heterocycles. The first-order chi connectivity index (χ1) is 5.75. The summed E-state index contributed by atoms with van der Waals surface area (Å²) >= 11 is 0. The summed E-state index contributed by atoms with van der Waals surface area (Å²) in [6, 6.07) is 0. The van der Waals surface area contributed by atoms with Gasteiger partial charge in [0, 0.05) is 5.92 Å². The maximum Gasteiger partial charge on any atom is 0.309 e. The molecule has 68 valence electrons. The topological polar surface area (TPSA) is 46.5 Å². The number of aliphatic hydroxyl groups excluding tert-OH is 1. The maximum atomic E-state index is 11.2. The molecule has 4 atom stereocenters. The Morgan fingerprint density at radius 3 is 2.83 bits per heavy atom. The third-order valence-corrected chi connectivity index (χ3v) is 3.03. The minimum absolute atomic E-state index is 0.0219. The van der Waals surface area contributed by atoms with E-state index in [1.54, 1.807) is 0 Å². The first-order valence-electron chi connectivity index (χ1n) is 4.60. The van der Waals surface area contributed by atoms with Crippen LogP contribution in [0.25, 0.3) is 0 Å². The maximum absolute atomic E-state index is 11.2. The van der Waals surface area contributed by atoms with Crippen LogP contribution in [-0.4, -0.2) is 23.8 Å². The summed E-state index contributed by atoms with van der Waals surface area (Å²) in [5.41, 5.74) is 0. The molecule has 1 N–H and O–H groups in total. The van der Waals surface area contributed by atoms with Crippen molar-refractivity contribution in [1.82, 2.24) is 0 Å². The molecule has 0 unspecified atom stereocenters. The van der Waals surface area contributed by atoms with Crippen LogP contribution in [0.3, 0.4) is 0 Å². The average molecular weight is 170 g/mol. The zero-order valence-corrected chi connectivity index (χ0v) is 7.19. The lowest BCUT2D eigenvalue weighted by atomic mass is 10.1. The second kappa shape index (κ2) is 2.73. The first-order valence-corrected chi connectivity index (χ1v) is 4.60. The van der Waals surface area contributed by atoms with Gasteiger partial charge in [-0.2, -0.15) is 0 Å². The lowest BCUT2D eigenvalue weighted by Crippen LogP contribution is -2.15.